The fourth-order valence-corrected chi connectivity index (χ4v) is 2.25. The van der Waals surface area contributed by atoms with E-state index >= 15 is 0 Å². The Bertz CT molecular complexity index is 934. The zero-order valence-electron chi connectivity index (χ0n) is 11.9. The van der Waals surface area contributed by atoms with Gasteiger partial charge in [0, 0.05) is 12.3 Å². The maximum Gasteiger partial charge on any atom is 0.417 e. The average Bonchev–Trinajstić information content (AvgIpc) is 2.97. The molecule has 9 heteroatoms. The van der Waals surface area contributed by atoms with Gasteiger partial charge in [0.15, 0.2) is 5.82 Å². The third-order valence-corrected chi connectivity index (χ3v) is 3.52. The third-order valence-electron chi connectivity index (χ3n) is 3.19. The molecule has 1 aromatic carbocycles. The van der Waals surface area contributed by atoms with Crippen molar-refractivity contribution in [3.63, 3.8) is 0 Å². The molecule has 0 amide bonds. The van der Waals surface area contributed by atoms with Crippen molar-refractivity contribution >= 4 is 11.6 Å². The van der Waals surface area contributed by atoms with Crippen LogP contribution in [0.1, 0.15) is 11.4 Å². The Morgan fingerprint density at radius 1 is 1.17 bits per heavy atom. The minimum absolute atomic E-state index is 0.0614. The van der Waals surface area contributed by atoms with Gasteiger partial charge in [0.1, 0.15) is 0 Å². The summed E-state index contributed by atoms with van der Waals surface area (Å²) in [7, 11) is 0. The molecule has 0 radical (unpaired) electrons. The second-order valence-corrected chi connectivity index (χ2v) is 5.28. The fraction of sp³-hybridized carbons (Fsp3) is 0.133. The second kappa shape index (κ2) is 6.12. The zero-order chi connectivity index (χ0) is 17.3. The molecular weight excluding hydrogens is 347 g/mol. The van der Waals surface area contributed by atoms with Crippen LogP contribution < -0.4 is 5.56 Å². The van der Waals surface area contributed by atoms with Crippen LogP contribution in [0.15, 0.2) is 51.9 Å². The molecule has 5 nitrogen and oxygen atoms in total. The van der Waals surface area contributed by atoms with Gasteiger partial charge in [-0.05, 0) is 18.2 Å². The summed E-state index contributed by atoms with van der Waals surface area (Å²) in [5.41, 5.74) is -1.04. The maximum absolute atomic E-state index is 12.7. The summed E-state index contributed by atoms with van der Waals surface area (Å²) in [6.07, 6.45) is -3.83. The number of aromatic nitrogens is 3. The van der Waals surface area contributed by atoms with Crippen molar-refractivity contribution in [3.8, 4) is 11.5 Å². The topological polar surface area (TPSA) is 60.9 Å². The lowest BCUT2D eigenvalue weighted by Gasteiger charge is -2.08. The van der Waals surface area contributed by atoms with Gasteiger partial charge in [-0.3, -0.25) is 4.79 Å². The van der Waals surface area contributed by atoms with Gasteiger partial charge in [-0.15, -0.1) is 0 Å². The summed E-state index contributed by atoms with van der Waals surface area (Å²) in [6.45, 7) is -0.253. The average molecular weight is 356 g/mol. The first-order chi connectivity index (χ1) is 11.3. The first kappa shape index (κ1) is 16.3. The minimum atomic E-state index is -4.55. The molecule has 0 saturated heterocycles. The Balaban J connectivity index is 1.91. The fourth-order valence-electron chi connectivity index (χ4n) is 2.04. The third kappa shape index (κ3) is 3.33. The molecule has 2 aromatic heterocycles. The van der Waals surface area contributed by atoms with Crippen LogP contribution in [0.25, 0.3) is 11.5 Å². The van der Waals surface area contributed by atoms with Crippen molar-refractivity contribution in [2.75, 3.05) is 0 Å². The molecule has 0 fully saturated rings. The number of nitrogens with zero attached hydrogens (tertiary/aromatic N) is 3. The highest BCUT2D eigenvalue weighted by molar-refractivity contribution is 6.33. The summed E-state index contributed by atoms with van der Waals surface area (Å²) in [5, 5.41) is 4.07. The number of rotatable bonds is 3. The van der Waals surface area contributed by atoms with Crippen molar-refractivity contribution in [1.29, 1.82) is 0 Å². The van der Waals surface area contributed by atoms with Crippen LogP contribution in [0.5, 0.6) is 0 Å². The highest BCUT2D eigenvalue weighted by atomic mass is 35.5. The standard InChI is InChI=1S/C15H9ClF3N3O2/c16-11-4-2-1-3-10(11)14-20-12(21-24-14)8-22-7-9(15(17,18)19)5-6-13(22)23/h1-7H,8H2. The molecule has 0 aliphatic carbocycles. The Kier molecular flexibility index (Phi) is 4.15. The molecule has 24 heavy (non-hydrogen) atoms. The normalized spacial score (nSPS) is 11.7. The van der Waals surface area contributed by atoms with Crippen LogP contribution in [0.2, 0.25) is 5.02 Å². The van der Waals surface area contributed by atoms with Gasteiger partial charge in [0.2, 0.25) is 0 Å². The van der Waals surface area contributed by atoms with Gasteiger partial charge in [0.25, 0.3) is 11.4 Å². The first-order valence-corrected chi connectivity index (χ1v) is 7.07. The molecule has 0 atom stereocenters. The summed E-state index contributed by atoms with van der Waals surface area (Å²) >= 11 is 6.02. The molecule has 0 spiro atoms. The van der Waals surface area contributed by atoms with E-state index in [9.17, 15) is 18.0 Å². The summed E-state index contributed by atoms with van der Waals surface area (Å²) in [6, 6.07) is 8.32. The number of hydrogen-bond donors (Lipinski definition) is 0. The van der Waals surface area contributed by atoms with Crippen molar-refractivity contribution < 1.29 is 17.7 Å². The van der Waals surface area contributed by atoms with Gasteiger partial charge in [0.05, 0.1) is 22.7 Å². The summed E-state index contributed by atoms with van der Waals surface area (Å²) in [5.74, 6) is 0.182. The summed E-state index contributed by atoms with van der Waals surface area (Å²) in [4.78, 5) is 15.8. The predicted molar refractivity (Wildman–Crippen MR) is 79.6 cm³/mol. The molecule has 0 aliphatic heterocycles. The largest absolute Gasteiger partial charge is 0.417 e. The number of alkyl halides is 3. The Morgan fingerprint density at radius 2 is 1.92 bits per heavy atom. The number of hydrogen-bond acceptors (Lipinski definition) is 4. The van der Waals surface area contributed by atoms with E-state index < -0.39 is 17.3 Å². The van der Waals surface area contributed by atoms with Crippen LogP contribution in [-0.2, 0) is 12.7 Å². The van der Waals surface area contributed by atoms with E-state index in [1.807, 2.05) is 0 Å². The molecular formula is C15H9ClF3N3O2. The van der Waals surface area contributed by atoms with Gasteiger partial charge in [-0.1, -0.05) is 28.9 Å². The van der Waals surface area contributed by atoms with Gasteiger partial charge < -0.3 is 9.09 Å². The van der Waals surface area contributed by atoms with E-state index in [1.165, 1.54) is 0 Å². The van der Waals surface area contributed by atoms with E-state index in [0.717, 1.165) is 16.7 Å². The van der Waals surface area contributed by atoms with E-state index in [4.69, 9.17) is 16.1 Å². The minimum Gasteiger partial charge on any atom is -0.334 e. The quantitative estimate of drug-likeness (QED) is 0.720. The van der Waals surface area contributed by atoms with Crippen LogP contribution in [0.3, 0.4) is 0 Å². The smallest absolute Gasteiger partial charge is 0.334 e. The Labute approximate surface area is 138 Å². The van der Waals surface area contributed by atoms with Crippen molar-refractivity contribution in [2.45, 2.75) is 12.7 Å². The molecule has 3 rings (SSSR count). The van der Waals surface area contributed by atoms with Crippen LogP contribution >= 0.6 is 11.6 Å². The van der Waals surface area contributed by atoms with E-state index in [0.29, 0.717) is 16.8 Å². The summed E-state index contributed by atoms with van der Waals surface area (Å²) < 4.78 is 44.1. The SMILES string of the molecule is O=c1ccc(C(F)(F)F)cn1Cc1noc(-c2ccccc2Cl)n1. The Morgan fingerprint density at radius 3 is 2.62 bits per heavy atom. The predicted octanol–water partition coefficient (Wildman–Crippen LogP) is 3.62. The molecule has 0 N–H and O–H groups in total. The van der Waals surface area contributed by atoms with Gasteiger partial charge in [-0.25, -0.2) is 0 Å². The molecule has 0 bridgehead atoms. The first-order valence-electron chi connectivity index (χ1n) is 6.70. The molecule has 124 valence electrons. The van der Waals surface area contributed by atoms with Gasteiger partial charge >= 0.3 is 6.18 Å². The van der Waals surface area contributed by atoms with E-state index in [2.05, 4.69) is 10.1 Å². The molecule has 2 heterocycles. The van der Waals surface area contributed by atoms with Crippen LogP contribution in [-0.4, -0.2) is 14.7 Å². The number of pyridine rings is 1. The highest BCUT2D eigenvalue weighted by Gasteiger charge is 2.31. The monoisotopic (exact) mass is 355 g/mol. The van der Waals surface area contributed by atoms with Gasteiger partial charge in [-0.2, -0.15) is 18.2 Å². The van der Waals surface area contributed by atoms with Crippen LogP contribution in [0.4, 0.5) is 13.2 Å². The molecule has 0 aliphatic rings. The van der Waals surface area contributed by atoms with Crippen molar-refractivity contribution in [2.24, 2.45) is 0 Å². The van der Waals surface area contributed by atoms with Crippen molar-refractivity contribution in [3.05, 3.63) is 69.4 Å². The van der Waals surface area contributed by atoms with Crippen LogP contribution in [0, 0.1) is 0 Å². The molecule has 0 unspecified atom stereocenters. The van der Waals surface area contributed by atoms with E-state index in [-0.39, 0.29) is 18.3 Å². The molecule has 3 aromatic rings. The second-order valence-electron chi connectivity index (χ2n) is 4.88. The lowest BCUT2D eigenvalue weighted by Crippen LogP contribution is -2.22. The molecule has 0 saturated carbocycles. The zero-order valence-corrected chi connectivity index (χ0v) is 12.7. The number of halogens is 4. The van der Waals surface area contributed by atoms with Crippen molar-refractivity contribution in [1.82, 2.24) is 14.7 Å². The maximum atomic E-state index is 12.7. The lowest BCUT2D eigenvalue weighted by molar-refractivity contribution is -0.138. The highest BCUT2D eigenvalue weighted by Crippen LogP contribution is 2.28. The van der Waals surface area contributed by atoms with E-state index in [1.54, 1.807) is 24.3 Å². The Hall–Kier alpha value is -2.61. The number of benzene rings is 1. The lowest BCUT2D eigenvalue weighted by atomic mass is 10.2.